The van der Waals surface area contributed by atoms with Crippen LogP contribution in [-0.2, 0) is 26.6 Å². The first-order chi connectivity index (χ1) is 11.1. The summed E-state index contributed by atoms with van der Waals surface area (Å²) in [5, 5.41) is 2.16. The predicted octanol–water partition coefficient (Wildman–Crippen LogP) is -1.53. The van der Waals surface area contributed by atoms with Crippen molar-refractivity contribution in [3.05, 3.63) is 90.5 Å². The van der Waals surface area contributed by atoms with Gasteiger partial charge in [-0.05, 0) is 29.9 Å². The van der Waals surface area contributed by atoms with E-state index in [9.17, 15) is 13.2 Å². The van der Waals surface area contributed by atoms with Crippen LogP contribution in [0.25, 0.3) is 0 Å². The number of benzene rings is 3. The smallest absolute Gasteiger partial charge is 1.00 e. The van der Waals surface area contributed by atoms with Gasteiger partial charge in [0.2, 0.25) is 0 Å². The fourth-order valence-electron chi connectivity index (χ4n) is 2.49. The van der Waals surface area contributed by atoms with E-state index in [1.807, 2.05) is 60.7 Å². The Morgan fingerprint density at radius 2 is 0.962 bits per heavy atom. The molecule has 0 fully saturated rings. The molecule has 140 valence electrons. The van der Waals surface area contributed by atoms with Crippen LogP contribution in [0, 0.1) is 0 Å². The average molecular weight is 597 g/mol. The van der Waals surface area contributed by atoms with Crippen LogP contribution >= 0.6 is 7.92 Å². The first kappa shape index (κ1) is 25.5. The Kier molecular flexibility index (Phi) is 11.2. The van der Waals surface area contributed by atoms with Crippen LogP contribution in [0.1, 0.15) is 5.56 Å². The minimum absolute atomic E-state index is 0. The zero-order chi connectivity index (χ0) is 16.3. The molecule has 0 aliphatic heterocycles. The van der Waals surface area contributed by atoms with E-state index >= 15 is 0 Å². The van der Waals surface area contributed by atoms with Gasteiger partial charge in [-0.25, -0.2) is 0 Å². The molecule has 0 aliphatic rings. The van der Waals surface area contributed by atoms with E-state index in [2.05, 4.69) is 0 Å². The maximum absolute atomic E-state index is 13.5. The molecule has 0 atom stereocenters. The molecule has 0 heterocycles. The third-order valence-corrected chi connectivity index (χ3v) is 5.98. The summed E-state index contributed by atoms with van der Waals surface area (Å²) in [5.74, 6) is 0. The molecule has 0 nitrogen and oxygen atoms in total. The first-order valence-corrected chi connectivity index (χ1v) is 8.48. The molecule has 0 spiro atoms. The molecule has 0 bridgehead atoms. The average Bonchev–Trinajstić information content (AvgIpc) is 2.57. The van der Waals surface area contributed by atoms with Crippen LogP contribution in [0.15, 0.2) is 84.9 Å². The second-order valence-corrected chi connectivity index (χ2v) is 7.21. The zero-order valence-electron chi connectivity index (χ0n) is 13.2. The number of alkyl halides is 3. The molecule has 3 rings (SSSR count). The van der Waals surface area contributed by atoms with Gasteiger partial charge in [-0.2, -0.15) is 13.2 Å². The van der Waals surface area contributed by atoms with Crippen molar-refractivity contribution in [3.8, 4) is 0 Å². The van der Waals surface area contributed by atoms with Crippen LogP contribution < -0.4 is 49.9 Å². The molecule has 0 aromatic heterocycles. The van der Waals surface area contributed by atoms with Gasteiger partial charge in [0.05, 0.1) is 5.56 Å². The standard InChI is InChI=1S/C19H14F3P.2BrH.Pd/c20-19(21,22)17-13-7-8-14-18(17)23(15-9-3-1-4-10-15)16-11-5-2-6-12-16;;;/h1-14H;2*1H;/q;;;+2/p-2. The topological polar surface area (TPSA) is 0 Å². The van der Waals surface area contributed by atoms with Gasteiger partial charge in [0, 0.05) is 0 Å². The van der Waals surface area contributed by atoms with Gasteiger partial charge >= 0.3 is 26.6 Å². The summed E-state index contributed by atoms with van der Waals surface area (Å²) >= 11 is 0. The van der Waals surface area contributed by atoms with Gasteiger partial charge < -0.3 is 34.0 Å². The van der Waals surface area contributed by atoms with Crippen molar-refractivity contribution in [2.75, 3.05) is 0 Å². The SMILES string of the molecule is FC(F)(F)c1ccccc1P(c1ccccc1)c1ccccc1.[Br-].[Br-].[Pd+2]. The van der Waals surface area contributed by atoms with Gasteiger partial charge in [0.25, 0.3) is 0 Å². The molecule has 0 saturated heterocycles. The van der Waals surface area contributed by atoms with E-state index in [0.717, 1.165) is 16.7 Å². The quantitative estimate of drug-likeness (QED) is 0.255. The minimum atomic E-state index is -4.36. The van der Waals surface area contributed by atoms with Crippen molar-refractivity contribution < 1.29 is 67.6 Å². The Labute approximate surface area is 187 Å². The first-order valence-electron chi connectivity index (χ1n) is 7.14. The Hall–Kier alpha value is -0.498. The fourth-order valence-corrected chi connectivity index (χ4v) is 4.96. The molecule has 0 N–H and O–H groups in total. The molecule has 0 aliphatic carbocycles. The van der Waals surface area contributed by atoms with Gasteiger partial charge in [-0.1, -0.05) is 78.9 Å². The molecule has 26 heavy (non-hydrogen) atoms. The molecule has 0 amide bonds. The second kappa shape index (κ2) is 11.4. The number of hydrogen-bond donors (Lipinski definition) is 0. The summed E-state index contributed by atoms with van der Waals surface area (Å²) in [7, 11) is -1.25. The molecular weight excluding hydrogens is 582 g/mol. The zero-order valence-corrected chi connectivity index (χ0v) is 18.9. The normalized spacial score (nSPS) is 10.3. The van der Waals surface area contributed by atoms with Crippen LogP contribution in [0.3, 0.4) is 0 Å². The van der Waals surface area contributed by atoms with Crippen LogP contribution in [0.4, 0.5) is 13.2 Å². The number of halogens is 5. The summed E-state index contributed by atoms with van der Waals surface area (Å²) in [4.78, 5) is 0. The van der Waals surface area contributed by atoms with Crippen LogP contribution in [-0.4, -0.2) is 0 Å². The van der Waals surface area contributed by atoms with E-state index in [-0.39, 0.29) is 54.4 Å². The summed E-state index contributed by atoms with van der Waals surface area (Å²) in [5.41, 5.74) is -0.557. The molecule has 0 saturated carbocycles. The van der Waals surface area contributed by atoms with Crippen molar-refractivity contribution in [3.63, 3.8) is 0 Å². The maximum Gasteiger partial charge on any atom is 2.00 e. The molecule has 0 unspecified atom stereocenters. The largest absolute Gasteiger partial charge is 2.00 e. The van der Waals surface area contributed by atoms with E-state index in [0.29, 0.717) is 5.30 Å². The maximum atomic E-state index is 13.5. The van der Waals surface area contributed by atoms with Crippen LogP contribution in [0.2, 0.25) is 0 Å². The Morgan fingerprint density at radius 3 is 1.38 bits per heavy atom. The van der Waals surface area contributed by atoms with Crippen molar-refractivity contribution in [1.82, 2.24) is 0 Å². The Balaban J connectivity index is 0.00000208. The summed E-state index contributed by atoms with van der Waals surface area (Å²) in [6.45, 7) is 0. The monoisotopic (exact) mass is 594 g/mol. The van der Waals surface area contributed by atoms with Crippen molar-refractivity contribution in [1.29, 1.82) is 0 Å². The van der Waals surface area contributed by atoms with Gasteiger partial charge in [-0.15, -0.1) is 0 Å². The van der Waals surface area contributed by atoms with E-state index in [4.69, 9.17) is 0 Å². The molecule has 0 radical (unpaired) electrons. The van der Waals surface area contributed by atoms with Gasteiger partial charge in [0.15, 0.2) is 0 Å². The molecule has 3 aromatic rings. The number of rotatable bonds is 3. The Bertz CT molecular complexity index is 744. The minimum Gasteiger partial charge on any atom is -1.00 e. The number of hydrogen-bond acceptors (Lipinski definition) is 0. The van der Waals surface area contributed by atoms with Crippen molar-refractivity contribution in [2.45, 2.75) is 6.18 Å². The third kappa shape index (κ3) is 6.01. The molecule has 3 aromatic carbocycles. The van der Waals surface area contributed by atoms with E-state index < -0.39 is 19.7 Å². The summed E-state index contributed by atoms with van der Waals surface area (Å²) in [6, 6.07) is 24.7. The summed E-state index contributed by atoms with van der Waals surface area (Å²) in [6.07, 6.45) is -4.36. The van der Waals surface area contributed by atoms with E-state index in [1.165, 1.54) is 6.07 Å². The van der Waals surface area contributed by atoms with E-state index in [1.54, 1.807) is 12.1 Å². The predicted molar refractivity (Wildman–Crippen MR) is 90.2 cm³/mol. The molecule has 7 heteroatoms. The fraction of sp³-hybridized carbons (Fsp3) is 0.0526. The summed E-state index contributed by atoms with van der Waals surface area (Å²) < 4.78 is 40.4. The second-order valence-electron chi connectivity index (χ2n) is 5.02. The van der Waals surface area contributed by atoms with Crippen LogP contribution in [0.5, 0.6) is 0 Å². The Morgan fingerprint density at radius 1 is 0.577 bits per heavy atom. The molecular formula is C19H14Br2F3PPd. The van der Waals surface area contributed by atoms with Gasteiger partial charge in [-0.3, -0.25) is 0 Å². The third-order valence-electron chi connectivity index (χ3n) is 3.48. The van der Waals surface area contributed by atoms with Crippen molar-refractivity contribution in [2.24, 2.45) is 0 Å². The van der Waals surface area contributed by atoms with Crippen molar-refractivity contribution >= 4 is 23.8 Å². The van der Waals surface area contributed by atoms with Gasteiger partial charge in [0.1, 0.15) is 0 Å².